The highest BCUT2D eigenvalue weighted by Gasteiger charge is 2.33. The minimum atomic E-state index is -0.645. The molecule has 1 aliphatic carbocycles. The lowest BCUT2D eigenvalue weighted by molar-refractivity contribution is -0.384. The van der Waals surface area contributed by atoms with E-state index in [0.29, 0.717) is 5.71 Å². The fraction of sp³-hybridized carbons (Fsp3) is 0.417. The van der Waals surface area contributed by atoms with Crippen LogP contribution in [0.15, 0.2) is 41.6 Å². The SMILES string of the molecule is C/C(=N/OC(=O)c1ccc([N+](=O)[O-])cc1)c1cc(C(C)(C)C)cc2c1CCC2(C)C. The van der Waals surface area contributed by atoms with Crippen LogP contribution in [0.2, 0.25) is 0 Å². The summed E-state index contributed by atoms with van der Waals surface area (Å²) in [4.78, 5) is 27.7. The molecule has 0 amide bonds. The third-order valence-corrected chi connectivity index (χ3v) is 5.81. The molecule has 0 aromatic heterocycles. The van der Waals surface area contributed by atoms with Gasteiger partial charge in [-0.3, -0.25) is 10.1 Å². The fourth-order valence-corrected chi connectivity index (χ4v) is 3.80. The lowest BCUT2D eigenvalue weighted by Crippen LogP contribution is -2.18. The van der Waals surface area contributed by atoms with E-state index in [1.807, 2.05) is 6.92 Å². The van der Waals surface area contributed by atoms with Gasteiger partial charge in [0.15, 0.2) is 0 Å². The molecule has 0 unspecified atom stereocenters. The summed E-state index contributed by atoms with van der Waals surface area (Å²) in [5.74, 6) is -0.645. The predicted molar refractivity (Wildman–Crippen MR) is 117 cm³/mol. The fourth-order valence-electron chi connectivity index (χ4n) is 3.80. The van der Waals surface area contributed by atoms with Gasteiger partial charge < -0.3 is 4.84 Å². The number of carbonyl (C=O) groups excluding carboxylic acids is 1. The molecule has 2 aromatic rings. The van der Waals surface area contributed by atoms with E-state index in [0.717, 1.165) is 18.4 Å². The van der Waals surface area contributed by atoms with Crippen molar-refractivity contribution in [1.82, 2.24) is 0 Å². The number of nitro groups is 1. The Kier molecular flexibility index (Phi) is 5.54. The third kappa shape index (κ3) is 4.27. The molecule has 0 saturated carbocycles. The minimum Gasteiger partial charge on any atom is -0.313 e. The number of carbonyl (C=O) groups is 1. The molecule has 0 spiro atoms. The number of rotatable bonds is 4. The molecule has 6 heteroatoms. The molecule has 0 aliphatic heterocycles. The van der Waals surface area contributed by atoms with E-state index in [4.69, 9.17) is 4.84 Å². The molecule has 0 N–H and O–H groups in total. The molecule has 3 rings (SSSR count). The van der Waals surface area contributed by atoms with E-state index in [9.17, 15) is 14.9 Å². The quantitative estimate of drug-likeness (QED) is 0.281. The monoisotopic (exact) mass is 408 g/mol. The molecule has 1 aliphatic rings. The number of hydrogen-bond donors (Lipinski definition) is 0. The summed E-state index contributed by atoms with van der Waals surface area (Å²) in [5, 5.41) is 14.9. The second-order valence-electron chi connectivity index (χ2n) is 9.54. The Bertz CT molecular complexity index is 1030. The van der Waals surface area contributed by atoms with Gasteiger partial charge in [-0.1, -0.05) is 45.8 Å². The first kappa shape index (κ1) is 21.7. The first-order valence-electron chi connectivity index (χ1n) is 10.1. The molecule has 30 heavy (non-hydrogen) atoms. The number of nitro benzene ring substituents is 1. The topological polar surface area (TPSA) is 81.8 Å². The van der Waals surface area contributed by atoms with E-state index in [-0.39, 0.29) is 22.1 Å². The van der Waals surface area contributed by atoms with Crippen LogP contribution in [0.4, 0.5) is 5.69 Å². The molecule has 0 saturated heterocycles. The third-order valence-electron chi connectivity index (χ3n) is 5.81. The van der Waals surface area contributed by atoms with Gasteiger partial charge in [-0.2, -0.15) is 0 Å². The summed E-state index contributed by atoms with van der Waals surface area (Å²) in [7, 11) is 0. The van der Waals surface area contributed by atoms with Crippen molar-refractivity contribution in [3.63, 3.8) is 0 Å². The second-order valence-corrected chi connectivity index (χ2v) is 9.54. The maximum absolute atomic E-state index is 12.3. The number of benzene rings is 2. The summed E-state index contributed by atoms with van der Waals surface area (Å²) in [5.41, 5.74) is 5.70. The summed E-state index contributed by atoms with van der Waals surface area (Å²) in [6.07, 6.45) is 2.03. The highest BCUT2D eigenvalue weighted by molar-refractivity contribution is 6.01. The largest absolute Gasteiger partial charge is 0.365 e. The van der Waals surface area contributed by atoms with E-state index < -0.39 is 10.9 Å². The van der Waals surface area contributed by atoms with Crippen LogP contribution in [0.5, 0.6) is 0 Å². The zero-order chi connectivity index (χ0) is 22.3. The van der Waals surface area contributed by atoms with Crippen molar-refractivity contribution < 1.29 is 14.6 Å². The van der Waals surface area contributed by atoms with Crippen molar-refractivity contribution in [2.75, 3.05) is 0 Å². The van der Waals surface area contributed by atoms with Crippen LogP contribution in [0.3, 0.4) is 0 Å². The molecular formula is C24H28N2O4. The smallest absolute Gasteiger partial charge is 0.313 e. The first-order valence-corrected chi connectivity index (χ1v) is 10.1. The van der Waals surface area contributed by atoms with Gasteiger partial charge in [-0.15, -0.1) is 0 Å². The Balaban J connectivity index is 1.91. The van der Waals surface area contributed by atoms with Gasteiger partial charge in [-0.25, -0.2) is 4.79 Å². The average molecular weight is 408 g/mol. The minimum absolute atomic E-state index is 0.0157. The van der Waals surface area contributed by atoms with Crippen LogP contribution in [0.1, 0.15) is 80.6 Å². The summed E-state index contributed by atoms with van der Waals surface area (Å²) < 4.78 is 0. The average Bonchev–Trinajstić information content (AvgIpc) is 2.99. The second kappa shape index (κ2) is 7.67. The molecule has 0 fully saturated rings. The standard InChI is InChI=1S/C24H28N2O4/c1-15(25-30-22(27)16-7-9-18(10-8-16)26(28)29)20-13-17(23(2,3)4)14-21-19(20)11-12-24(21,5)6/h7-10,13-14H,11-12H2,1-6H3/b25-15-. The molecule has 158 valence electrons. The van der Waals surface area contributed by atoms with Gasteiger partial charge in [-0.05, 0) is 65.5 Å². The van der Waals surface area contributed by atoms with Crippen molar-refractivity contribution in [2.45, 2.75) is 65.2 Å². The Labute approximate surface area is 177 Å². The Morgan fingerprint density at radius 1 is 1.17 bits per heavy atom. The molecular weight excluding hydrogens is 380 g/mol. The molecule has 0 heterocycles. The number of oxime groups is 1. The normalized spacial score (nSPS) is 15.6. The highest BCUT2D eigenvalue weighted by Crippen LogP contribution is 2.42. The van der Waals surface area contributed by atoms with Crippen molar-refractivity contribution in [1.29, 1.82) is 0 Å². The number of nitrogens with zero attached hydrogens (tertiary/aromatic N) is 2. The maximum atomic E-state index is 12.3. The zero-order valence-corrected chi connectivity index (χ0v) is 18.4. The lowest BCUT2D eigenvalue weighted by atomic mass is 9.79. The molecule has 2 aromatic carbocycles. The van der Waals surface area contributed by atoms with Gasteiger partial charge in [0.05, 0.1) is 16.2 Å². The Hall–Kier alpha value is -3.02. The van der Waals surface area contributed by atoms with Crippen molar-refractivity contribution in [3.8, 4) is 0 Å². The summed E-state index contributed by atoms with van der Waals surface area (Å²) in [6.45, 7) is 12.9. The molecule has 0 atom stereocenters. The molecule has 0 bridgehead atoms. The van der Waals surface area contributed by atoms with Crippen LogP contribution < -0.4 is 0 Å². The highest BCUT2D eigenvalue weighted by atomic mass is 16.7. The molecule has 0 radical (unpaired) electrons. The van der Waals surface area contributed by atoms with Crippen LogP contribution in [-0.2, 0) is 22.1 Å². The van der Waals surface area contributed by atoms with Crippen LogP contribution in [0, 0.1) is 10.1 Å². The number of non-ortho nitro benzene ring substituents is 1. The first-order chi connectivity index (χ1) is 13.9. The molecule has 6 nitrogen and oxygen atoms in total. The Morgan fingerprint density at radius 3 is 2.37 bits per heavy atom. The number of fused-ring (bicyclic) bond motifs is 1. The van der Waals surface area contributed by atoms with Gasteiger partial charge in [0.25, 0.3) is 5.69 Å². The van der Waals surface area contributed by atoms with Gasteiger partial charge >= 0.3 is 5.97 Å². The van der Waals surface area contributed by atoms with E-state index in [2.05, 4.69) is 51.9 Å². The predicted octanol–water partition coefficient (Wildman–Crippen LogP) is 5.70. The lowest BCUT2D eigenvalue weighted by Gasteiger charge is -2.26. The summed E-state index contributed by atoms with van der Waals surface area (Å²) >= 11 is 0. The van der Waals surface area contributed by atoms with Crippen LogP contribution in [0.25, 0.3) is 0 Å². The number of hydrogen-bond acceptors (Lipinski definition) is 5. The summed E-state index contributed by atoms with van der Waals surface area (Å²) in [6, 6.07) is 9.74. The van der Waals surface area contributed by atoms with Crippen LogP contribution >= 0.6 is 0 Å². The maximum Gasteiger partial charge on any atom is 0.365 e. The van der Waals surface area contributed by atoms with Gasteiger partial charge in [0, 0.05) is 17.7 Å². The zero-order valence-electron chi connectivity index (χ0n) is 18.4. The van der Waals surface area contributed by atoms with E-state index in [1.165, 1.54) is 41.0 Å². The van der Waals surface area contributed by atoms with Gasteiger partial charge in [0.2, 0.25) is 0 Å². The van der Waals surface area contributed by atoms with Crippen molar-refractivity contribution >= 4 is 17.4 Å². The van der Waals surface area contributed by atoms with E-state index >= 15 is 0 Å². The van der Waals surface area contributed by atoms with E-state index in [1.54, 1.807) is 0 Å². The van der Waals surface area contributed by atoms with Crippen molar-refractivity contribution in [3.05, 3.63) is 74.3 Å². The van der Waals surface area contributed by atoms with Gasteiger partial charge in [0.1, 0.15) is 0 Å². The van der Waals surface area contributed by atoms with Crippen molar-refractivity contribution in [2.24, 2.45) is 5.16 Å². The Morgan fingerprint density at radius 2 is 1.80 bits per heavy atom. The van der Waals surface area contributed by atoms with Crippen LogP contribution in [-0.4, -0.2) is 16.6 Å².